The highest BCUT2D eigenvalue weighted by atomic mass is 35.5. The molecule has 0 bridgehead atoms. The Bertz CT molecular complexity index is 687. The minimum atomic E-state index is -1.07. The van der Waals surface area contributed by atoms with Crippen molar-refractivity contribution in [3.8, 4) is 0 Å². The number of hydrogen-bond acceptors (Lipinski definition) is 4. The summed E-state index contributed by atoms with van der Waals surface area (Å²) in [4.78, 5) is 26.9. The number of nitrogens with zero attached hydrogens (tertiary/aromatic N) is 2. The van der Waals surface area contributed by atoms with Gasteiger partial charge in [0.05, 0.1) is 12.6 Å². The number of nitrogens with one attached hydrogen (secondary N) is 1. The summed E-state index contributed by atoms with van der Waals surface area (Å²) < 4.78 is 6.60. The number of aliphatic carboxylic acids is 1. The summed E-state index contributed by atoms with van der Waals surface area (Å²) >= 11 is 5.90. The number of imidazole rings is 1. The monoisotopic (exact) mass is 337 g/mol. The fourth-order valence-corrected chi connectivity index (χ4v) is 2.15. The van der Waals surface area contributed by atoms with Crippen LogP contribution in [0.15, 0.2) is 36.5 Å². The summed E-state index contributed by atoms with van der Waals surface area (Å²) in [5, 5.41) is 11.8. The minimum Gasteiger partial charge on any atom is -0.481 e. The van der Waals surface area contributed by atoms with E-state index >= 15 is 0 Å². The van der Waals surface area contributed by atoms with Crippen LogP contribution in [-0.2, 0) is 23.2 Å². The van der Waals surface area contributed by atoms with Crippen molar-refractivity contribution in [2.45, 2.75) is 19.1 Å². The van der Waals surface area contributed by atoms with Gasteiger partial charge in [-0.25, -0.2) is 9.78 Å². The van der Waals surface area contributed by atoms with E-state index in [9.17, 15) is 9.59 Å². The number of carboxylic acids is 1. The van der Waals surface area contributed by atoms with Crippen LogP contribution in [0.3, 0.4) is 0 Å². The van der Waals surface area contributed by atoms with Crippen LogP contribution >= 0.6 is 11.6 Å². The maximum Gasteiger partial charge on any atom is 0.408 e. The molecule has 1 aromatic carbocycles. The molecule has 0 aliphatic rings. The summed E-state index contributed by atoms with van der Waals surface area (Å²) in [5.41, 5.74) is 0.831. The number of rotatable bonds is 6. The first kappa shape index (κ1) is 16.8. The Kier molecular flexibility index (Phi) is 5.59. The number of halogens is 1. The second-order valence-electron chi connectivity index (χ2n) is 4.85. The van der Waals surface area contributed by atoms with E-state index in [1.807, 2.05) is 30.3 Å². The van der Waals surface area contributed by atoms with Gasteiger partial charge < -0.3 is 19.7 Å². The average molecular weight is 338 g/mol. The fraction of sp³-hybridized carbons (Fsp3) is 0.267. The summed E-state index contributed by atoms with van der Waals surface area (Å²) in [6.45, 7) is 0.0911. The number of hydrogen-bond donors (Lipinski definition) is 2. The molecule has 0 aliphatic heterocycles. The van der Waals surface area contributed by atoms with E-state index < -0.39 is 18.1 Å². The van der Waals surface area contributed by atoms with E-state index in [2.05, 4.69) is 10.3 Å². The van der Waals surface area contributed by atoms with Crippen LogP contribution in [0.4, 0.5) is 4.79 Å². The van der Waals surface area contributed by atoms with E-state index in [0.29, 0.717) is 11.0 Å². The van der Waals surface area contributed by atoms with Crippen LogP contribution in [0, 0.1) is 0 Å². The number of carboxylic acid groups (broad SMARTS) is 1. The number of amides is 1. The maximum absolute atomic E-state index is 11.9. The number of alkyl carbamates (subject to hydrolysis) is 1. The molecule has 1 amide bonds. The first-order valence-electron chi connectivity index (χ1n) is 6.83. The van der Waals surface area contributed by atoms with Gasteiger partial charge in [-0.2, -0.15) is 0 Å². The summed E-state index contributed by atoms with van der Waals surface area (Å²) in [5.74, 6) is -0.730. The van der Waals surface area contributed by atoms with Gasteiger partial charge in [-0.15, -0.1) is 0 Å². The van der Waals surface area contributed by atoms with E-state index in [1.165, 1.54) is 10.8 Å². The van der Waals surface area contributed by atoms with Gasteiger partial charge in [-0.1, -0.05) is 41.9 Å². The molecule has 0 spiro atoms. The second kappa shape index (κ2) is 7.64. The molecule has 0 unspecified atom stereocenters. The van der Waals surface area contributed by atoms with Gasteiger partial charge in [-0.05, 0) is 5.56 Å². The maximum atomic E-state index is 11.9. The molecule has 1 aromatic heterocycles. The molecule has 0 fully saturated rings. The van der Waals surface area contributed by atoms with Crippen LogP contribution in [0.25, 0.3) is 0 Å². The van der Waals surface area contributed by atoms with E-state index in [-0.39, 0.29) is 13.0 Å². The zero-order valence-corrected chi connectivity index (χ0v) is 13.2. The van der Waals surface area contributed by atoms with Gasteiger partial charge in [0, 0.05) is 7.05 Å². The summed E-state index contributed by atoms with van der Waals surface area (Å²) in [7, 11) is 1.64. The summed E-state index contributed by atoms with van der Waals surface area (Å²) in [6.07, 6.45) is 0.337. The third kappa shape index (κ3) is 4.72. The third-order valence-corrected chi connectivity index (χ3v) is 3.51. The van der Waals surface area contributed by atoms with Crippen LogP contribution in [0.1, 0.15) is 23.9 Å². The number of carbonyl (C=O) groups is 2. The molecule has 2 aromatic rings. The molecule has 7 nitrogen and oxygen atoms in total. The van der Waals surface area contributed by atoms with Crippen molar-refractivity contribution in [1.29, 1.82) is 0 Å². The van der Waals surface area contributed by atoms with E-state index in [0.717, 1.165) is 5.56 Å². The average Bonchev–Trinajstić information content (AvgIpc) is 2.85. The molecule has 8 heteroatoms. The third-order valence-electron chi connectivity index (χ3n) is 3.16. The normalized spacial score (nSPS) is 11.7. The van der Waals surface area contributed by atoms with Gasteiger partial charge in [0.15, 0.2) is 0 Å². The SMILES string of the molecule is Cn1c(Cl)cnc1[C@@H](CC(=O)O)NC(=O)OCc1ccccc1. The Morgan fingerprint density at radius 1 is 1.39 bits per heavy atom. The standard InChI is InChI=1S/C15H16ClN3O4/c1-19-12(16)8-17-14(19)11(7-13(20)21)18-15(22)23-9-10-5-3-2-4-6-10/h2-6,8,11H,7,9H2,1H3,(H,18,22)(H,20,21)/t11-/m1/s1. The van der Waals surface area contributed by atoms with Crippen molar-refractivity contribution >= 4 is 23.7 Å². The Morgan fingerprint density at radius 2 is 2.09 bits per heavy atom. The largest absolute Gasteiger partial charge is 0.481 e. The number of benzene rings is 1. The highest BCUT2D eigenvalue weighted by Crippen LogP contribution is 2.19. The summed E-state index contributed by atoms with van der Waals surface area (Å²) in [6, 6.07) is 8.32. The van der Waals surface area contributed by atoms with Gasteiger partial charge in [0.25, 0.3) is 0 Å². The van der Waals surface area contributed by atoms with Crippen molar-refractivity contribution < 1.29 is 19.4 Å². The lowest BCUT2D eigenvalue weighted by molar-refractivity contribution is -0.137. The smallest absolute Gasteiger partial charge is 0.408 e. The lowest BCUT2D eigenvalue weighted by Crippen LogP contribution is -2.32. The van der Waals surface area contributed by atoms with Gasteiger partial charge in [0.2, 0.25) is 0 Å². The Labute approximate surface area is 137 Å². The number of carbonyl (C=O) groups excluding carboxylic acids is 1. The van der Waals surface area contributed by atoms with Gasteiger partial charge in [-0.3, -0.25) is 4.79 Å². The Balaban J connectivity index is 2.01. The molecule has 0 saturated carbocycles. The topological polar surface area (TPSA) is 93.5 Å². The van der Waals surface area contributed by atoms with Gasteiger partial charge >= 0.3 is 12.1 Å². The highest BCUT2D eigenvalue weighted by molar-refractivity contribution is 6.29. The van der Waals surface area contributed by atoms with Crippen LogP contribution in [-0.4, -0.2) is 26.7 Å². The predicted octanol–water partition coefficient (Wildman–Crippen LogP) is 2.52. The molecule has 2 N–H and O–H groups in total. The second-order valence-corrected chi connectivity index (χ2v) is 5.24. The quantitative estimate of drug-likeness (QED) is 0.844. The molecule has 23 heavy (non-hydrogen) atoms. The van der Waals surface area contributed by atoms with Crippen molar-refractivity contribution in [3.63, 3.8) is 0 Å². The van der Waals surface area contributed by atoms with Crippen LogP contribution in [0.5, 0.6) is 0 Å². The molecule has 0 radical (unpaired) electrons. The fourth-order valence-electron chi connectivity index (χ4n) is 2.01. The lowest BCUT2D eigenvalue weighted by atomic mass is 10.2. The molecule has 0 saturated heterocycles. The zero-order valence-electron chi connectivity index (χ0n) is 12.4. The number of aromatic nitrogens is 2. The molecule has 1 atom stereocenters. The first-order valence-corrected chi connectivity index (χ1v) is 7.21. The highest BCUT2D eigenvalue weighted by Gasteiger charge is 2.23. The molecule has 2 rings (SSSR count). The lowest BCUT2D eigenvalue weighted by Gasteiger charge is -2.17. The van der Waals surface area contributed by atoms with Crippen molar-refractivity contribution in [3.05, 3.63) is 53.1 Å². The Hall–Kier alpha value is -2.54. The number of ether oxygens (including phenoxy) is 1. The van der Waals surface area contributed by atoms with E-state index in [4.69, 9.17) is 21.4 Å². The Morgan fingerprint density at radius 3 is 2.65 bits per heavy atom. The van der Waals surface area contributed by atoms with Crippen molar-refractivity contribution in [2.24, 2.45) is 7.05 Å². The van der Waals surface area contributed by atoms with Crippen LogP contribution in [0.2, 0.25) is 5.15 Å². The van der Waals surface area contributed by atoms with Crippen molar-refractivity contribution in [2.75, 3.05) is 0 Å². The minimum absolute atomic E-state index is 0.0911. The molecular weight excluding hydrogens is 322 g/mol. The zero-order chi connectivity index (χ0) is 16.8. The van der Waals surface area contributed by atoms with Crippen LogP contribution < -0.4 is 5.32 Å². The molecule has 1 heterocycles. The molecule has 122 valence electrons. The van der Waals surface area contributed by atoms with Crippen molar-refractivity contribution in [1.82, 2.24) is 14.9 Å². The van der Waals surface area contributed by atoms with Gasteiger partial charge in [0.1, 0.15) is 23.6 Å². The van der Waals surface area contributed by atoms with E-state index in [1.54, 1.807) is 7.05 Å². The predicted molar refractivity (Wildman–Crippen MR) is 83.0 cm³/mol. The molecular formula is C15H16ClN3O4. The molecule has 0 aliphatic carbocycles. The first-order chi connectivity index (χ1) is 11.0.